The van der Waals surface area contributed by atoms with Crippen LogP contribution in [0.3, 0.4) is 0 Å². The van der Waals surface area contributed by atoms with Crippen LogP contribution in [0.5, 0.6) is 5.75 Å². The highest BCUT2D eigenvalue weighted by Gasteiger charge is 2.13. The minimum Gasteiger partial charge on any atom is -0.487 e. The minimum atomic E-state index is 0.425. The molecule has 0 aliphatic heterocycles. The van der Waals surface area contributed by atoms with Crippen LogP contribution in [0.4, 0.5) is 0 Å². The van der Waals surface area contributed by atoms with Gasteiger partial charge in [0.05, 0.1) is 16.4 Å². The summed E-state index contributed by atoms with van der Waals surface area (Å²) >= 11 is 6.28. The Bertz CT molecular complexity index is 580. The van der Waals surface area contributed by atoms with Crippen LogP contribution in [0.1, 0.15) is 23.9 Å². The zero-order chi connectivity index (χ0) is 14.5. The topological polar surface area (TPSA) is 39.1 Å². The second-order valence-corrected chi connectivity index (χ2v) is 4.97. The minimum absolute atomic E-state index is 0.425. The lowest BCUT2D eigenvalue weighted by Gasteiger charge is -2.12. The monoisotopic (exact) mass is 293 g/mol. The lowest BCUT2D eigenvalue weighted by Crippen LogP contribution is -2.10. The maximum absolute atomic E-state index is 6.28. The second kappa shape index (κ2) is 6.77. The standard InChI is InChI=1S/C15H20ClN3O/c1-4-19-13(15(16)11(2)18-19)10-20-14-8-6-5-7-12(14)9-17-3/h5-8,17H,4,9-10H2,1-3H3. The SMILES string of the molecule is CCn1nc(C)c(Cl)c1COc1ccccc1CNC. The molecule has 2 rings (SSSR count). The molecule has 0 bridgehead atoms. The van der Waals surface area contributed by atoms with Crippen molar-refractivity contribution in [1.82, 2.24) is 15.1 Å². The number of nitrogens with one attached hydrogen (secondary N) is 1. The summed E-state index contributed by atoms with van der Waals surface area (Å²) in [5, 5.41) is 8.22. The molecule has 1 heterocycles. The van der Waals surface area contributed by atoms with Gasteiger partial charge in [-0.15, -0.1) is 0 Å². The highest BCUT2D eigenvalue weighted by Crippen LogP contribution is 2.24. The molecule has 1 aromatic carbocycles. The predicted octanol–water partition coefficient (Wildman–Crippen LogP) is 3.16. The van der Waals surface area contributed by atoms with Crippen LogP contribution in [0.25, 0.3) is 0 Å². The molecule has 0 saturated heterocycles. The third-order valence-electron chi connectivity index (χ3n) is 3.16. The van der Waals surface area contributed by atoms with Crippen molar-refractivity contribution in [1.29, 1.82) is 0 Å². The first kappa shape index (κ1) is 14.9. The van der Waals surface area contributed by atoms with Gasteiger partial charge in [0.25, 0.3) is 0 Å². The maximum atomic E-state index is 6.28. The van der Waals surface area contributed by atoms with Crippen molar-refractivity contribution in [2.24, 2.45) is 0 Å². The molecule has 20 heavy (non-hydrogen) atoms. The van der Waals surface area contributed by atoms with Gasteiger partial charge >= 0.3 is 0 Å². The summed E-state index contributed by atoms with van der Waals surface area (Å²) in [6.07, 6.45) is 0. The van der Waals surface area contributed by atoms with Gasteiger partial charge in [-0.05, 0) is 27.0 Å². The van der Waals surface area contributed by atoms with Gasteiger partial charge < -0.3 is 10.1 Å². The molecule has 0 aliphatic carbocycles. The highest BCUT2D eigenvalue weighted by atomic mass is 35.5. The molecule has 4 nitrogen and oxygen atoms in total. The van der Waals surface area contributed by atoms with Crippen molar-refractivity contribution >= 4 is 11.6 Å². The number of rotatable bonds is 6. The molecule has 0 amide bonds. The number of hydrogen-bond donors (Lipinski definition) is 1. The number of nitrogens with zero attached hydrogens (tertiary/aromatic N) is 2. The van der Waals surface area contributed by atoms with E-state index < -0.39 is 0 Å². The van der Waals surface area contributed by atoms with Gasteiger partial charge in [-0.1, -0.05) is 29.8 Å². The lowest BCUT2D eigenvalue weighted by atomic mass is 10.2. The van der Waals surface area contributed by atoms with Crippen molar-refractivity contribution in [3.05, 3.63) is 46.2 Å². The Morgan fingerprint density at radius 3 is 2.80 bits per heavy atom. The van der Waals surface area contributed by atoms with Crippen LogP contribution in [0.15, 0.2) is 24.3 Å². The largest absolute Gasteiger partial charge is 0.487 e. The van der Waals surface area contributed by atoms with E-state index in [1.54, 1.807) is 0 Å². The number of hydrogen-bond acceptors (Lipinski definition) is 3. The summed E-state index contributed by atoms with van der Waals surface area (Å²) in [7, 11) is 1.92. The van der Waals surface area contributed by atoms with Crippen LogP contribution in [-0.2, 0) is 19.7 Å². The molecule has 0 unspecified atom stereocenters. The number of para-hydroxylation sites is 1. The van der Waals surface area contributed by atoms with Crippen molar-refractivity contribution in [3.8, 4) is 5.75 Å². The summed E-state index contributed by atoms with van der Waals surface area (Å²) in [5.41, 5.74) is 2.90. The van der Waals surface area contributed by atoms with E-state index in [9.17, 15) is 0 Å². The Kier molecular flexibility index (Phi) is 5.04. The van der Waals surface area contributed by atoms with Crippen LogP contribution >= 0.6 is 11.6 Å². The molecular weight excluding hydrogens is 274 g/mol. The average Bonchev–Trinajstić information content (AvgIpc) is 2.74. The highest BCUT2D eigenvalue weighted by molar-refractivity contribution is 6.31. The number of benzene rings is 1. The molecule has 0 spiro atoms. The molecule has 0 atom stereocenters. The lowest BCUT2D eigenvalue weighted by molar-refractivity contribution is 0.289. The Balaban J connectivity index is 2.17. The fourth-order valence-electron chi connectivity index (χ4n) is 2.13. The van der Waals surface area contributed by atoms with E-state index in [-0.39, 0.29) is 0 Å². The number of aromatic nitrogens is 2. The first-order valence-corrected chi connectivity index (χ1v) is 7.12. The average molecular weight is 294 g/mol. The van der Waals surface area contributed by atoms with E-state index in [0.29, 0.717) is 11.6 Å². The number of aryl methyl sites for hydroxylation is 2. The summed E-state index contributed by atoms with van der Waals surface area (Å²) < 4.78 is 7.81. The smallest absolute Gasteiger partial charge is 0.131 e. The van der Waals surface area contributed by atoms with Crippen molar-refractivity contribution < 1.29 is 4.74 Å². The molecule has 0 radical (unpaired) electrons. The van der Waals surface area contributed by atoms with E-state index in [1.807, 2.05) is 43.8 Å². The van der Waals surface area contributed by atoms with Gasteiger partial charge in [0.15, 0.2) is 0 Å². The van der Waals surface area contributed by atoms with Gasteiger partial charge in [-0.2, -0.15) is 5.10 Å². The molecule has 0 aliphatic rings. The normalized spacial score (nSPS) is 10.8. The summed E-state index contributed by atoms with van der Waals surface area (Å²) in [6, 6.07) is 8.00. The summed E-state index contributed by atoms with van der Waals surface area (Å²) in [4.78, 5) is 0. The Hall–Kier alpha value is -1.52. The third kappa shape index (κ3) is 3.14. The van der Waals surface area contributed by atoms with Crippen LogP contribution in [0.2, 0.25) is 5.02 Å². The first-order valence-electron chi connectivity index (χ1n) is 6.74. The fraction of sp³-hybridized carbons (Fsp3) is 0.400. The maximum Gasteiger partial charge on any atom is 0.131 e. The van der Waals surface area contributed by atoms with Crippen molar-refractivity contribution in [2.75, 3.05) is 7.05 Å². The summed E-state index contributed by atoms with van der Waals surface area (Å²) in [6.45, 7) is 5.93. The molecule has 108 valence electrons. The zero-order valence-electron chi connectivity index (χ0n) is 12.1. The molecule has 1 N–H and O–H groups in total. The van der Waals surface area contributed by atoms with E-state index in [1.165, 1.54) is 0 Å². The Morgan fingerprint density at radius 1 is 1.35 bits per heavy atom. The van der Waals surface area contributed by atoms with Crippen LogP contribution in [-0.4, -0.2) is 16.8 Å². The molecule has 0 saturated carbocycles. The molecule has 5 heteroatoms. The van der Waals surface area contributed by atoms with Crippen molar-refractivity contribution in [3.63, 3.8) is 0 Å². The van der Waals surface area contributed by atoms with E-state index in [4.69, 9.17) is 16.3 Å². The van der Waals surface area contributed by atoms with Gasteiger partial charge in [-0.25, -0.2) is 0 Å². The Labute approximate surface area is 124 Å². The molecular formula is C15H20ClN3O. The fourth-order valence-corrected chi connectivity index (χ4v) is 2.32. The van der Waals surface area contributed by atoms with Gasteiger partial charge in [-0.3, -0.25) is 4.68 Å². The zero-order valence-corrected chi connectivity index (χ0v) is 12.9. The summed E-state index contributed by atoms with van der Waals surface area (Å²) in [5.74, 6) is 0.874. The molecule has 1 aromatic heterocycles. The van der Waals surface area contributed by atoms with Crippen LogP contribution in [0, 0.1) is 6.92 Å². The Morgan fingerprint density at radius 2 is 2.10 bits per heavy atom. The predicted molar refractivity (Wildman–Crippen MR) is 81.2 cm³/mol. The second-order valence-electron chi connectivity index (χ2n) is 4.59. The van der Waals surface area contributed by atoms with Gasteiger partial charge in [0.2, 0.25) is 0 Å². The quantitative estimate of drug-likeness (QED) is 0.889. The third-order valence-corrected chi connectivity index (χ3v) is 3.65. The van der Waals surface area contributed by atoms with E-state index in [0.717, 1.165) is 35.8 Å². The van der Waals surface area contributed by atoms with Gasteiger partial charge in [0.1, 0.15) is 12.4 Å². The van der Waals surface area contributed by atoms with Crippen LogP contribution < -0.4 is 10.1 Å². The van der Waals surface area contributed by atoms with Gasteiger partial charge in [0, 0.05) is 18.7 Å². The number of halogens is 1. The van der Waals surface area contributed by atoms with E-state index in [2.05, 4.69) is 16.5 Å². The first-order chi connectivity index (χ1) is 9.67. The van der Waals surface area contributed by atoms with E-state index >= 15 is 0 Å². The van der Waals surface area contributed by atoms with Crippen molar-refractivity contribution in [2.45, 2.75) is 33.5 Å². The molecule has 0 fully saturated rings. The molecule has 2 aromatic rings. The number of ether oxygens (including phenoxy) is 1.